The Morgan fingerprint density at radius 1 is 1.43 bits per heavy atom. The number of hydrogen-bond acceptors (Lipinski definition) is 6. The van der Waals surface area contributed by atoms with Crippen LogP contribution in [0.25, 0.3) is 0 Å². The van der Waals surface area contributed by atoms with Crippen LogP contribution in [-0.4, -0.2) is 23.1 Å². The number of nitrogen functional groups attached to an aromatic ring is 1. The lowest BCUT2D eigenvalue weighted by molar-refractivity contribution is -0.141. The monoisotopic (exact) mass is 302 g/mol. The second-order valence-electron chi connectivity index (χ2n) is 4.83. The number of rotatable bonds is 6. The van der Waals surface area contributed by atoms with Crippen molar-refractivity contribution in [1.29, 1.82) is 5.26 Å². The van der Waals surface area contributed by atoms with Crippen LogP contribution in [0.2, 0.25) is 0 Å². The van der Waals surface area contributed by atoms with E-state index in [1.54, 1.807) is 4.90 Å². The summed E-state index contributed by atoms with van der Waals surface area (Å²) in [6, 6.07) is 2.83. The minimum Gasteiger partial charge on any atom is -0.355 e. The minimum absolute atomic E-state index is 0.0919. The molecule has 9 heteroatoms. The van der Waals surface area contributed by atoms with Gasteiger partial charge >= 0.3 is 6.18 Å². The molecule has 0 aliphatic carbocycles. The van der Waals surface area contributed by atoms with E-state index in [2.05, 4.69) is 9.97 Å². The Morgan fingerprint density at radius 2 is 2.10 bits per heavy atom. The van der Waals surface area contributed by atoms with Crippen molar-refractivity contribution < 1.29 is 13.2 Å². The van der Waals surface area contributed by atoms with Crippen molar-refractivity contribution in [2.75, 3.05) is 23.4 Å². The highest BCUT2D eigenvalue weighted by Crippen LogP contribution is 2.30. The first-order chi connectivity index (χ1) is 9.77. The first-order valence-corrected chi connectivity index (χ1v) is 6.32. The standard InChI is InChI=1S/C12H17F3N6/c1-8(2)7-21(5-3-4-16)10-6-9(12(13,14)15)18-11(19-10)20-17/h6,8H,3,5,7,17H2,1-2H3,(H,18,19,20). The molecule has 6 nitrogen and oxygen atoms in total. The van der Waals surface area contributed by atoms with Crippen molar-refractivity contribution in [1.82, 2.24) is 9.97 Å². The van der Waals surface area contributed by atoms with Crippen LogP contribution in [0.1, 0.15) is 26.0 Å². The molecule has 0 fully saturated rings. The Hall–Kier alpha value is -2.08. The molecule has 1 aromatic rings. The zero-order valence-corrected chi connectivity index (χ0v) is 11.8. The zero-order chi connectivity index (χ0) is 16.0. The lowest BCUT2D eigenvalue weighted by atomic mass is 10.2. The summed E-state index contributed by atoms with van der Waals surface area (Å²) in [7, 11) is 0. The molecule has 1 heterocycles. The van der Waals surface area contributed by atoms with E-state index in [0.29, 0.717) is 6.54 Å². The molecule has 116 valence electrons. The Bertz CT molecular complexity index is 509. The van der Waals surface area contributed by atoms with Gasteiger partial charge in [-0.2, -0.15) is 23.4 Å². The van der Waals surface area contributed by atoms with E-state index in [4.69, 9.17) is 11.1 Å². The van der Waals surface area contributed by atoms with Crippen molar-refractivity contribution >= 4 is 11.8 Å². The van der Waals surface area contributed by atoms with Gasteiger partial charge in [0.1, 0.15) is 5.82 Å². The number of aromatic nitrogens is 2. The topological polar surface area (TPSA) is 90.9 Å². The van der Waals surface area contributed by atoms with Gasteiger partial charge in [-0.15, -0.1) is 0 Å². The molecule has 0 atom stereocenters. The number of nitriles is 1. The molecule has 21 heavy (non-hydrogen) atoms. The molecule has 0 radical (unpaired) electrons. The van der Waals surface area contributed by atoms with Crippen molar-refractivity contribution in [3.63, 3.8) is 0 Å². The maximum absolute atomic E-state index is 12.8. The average Bonchev–Trinajstić information content (AvgIpc) is 2.41. The van der Waals surface area contributed by atoms with Crippen LogP contribution < -0.4 is 16.2 Å². The Kier molecular flexibility index (Phi) is 5.72. The molecular formula is C12H17F3N6. The van der Waals surface area contributed by atoms with Crippen molar-refractivity contribution in [2.24, 2.45) is 11.8 Å². The normalized spacial score (nSPS) is 11.3. The number of nitrogens with one attached hydrogen (secondary N) is 1. The highest BCUT2D eigenvalue weighted by molar-refractivity contribution is 5.45. The van der Waals surface area contributed by atoms with Crippen LogP contribution >= 0.6 is 0 Å². The predicted octanol–water partition coefficient (Wildman–Crippen LogP) is 2.16. The van der Waals surface area contributed by atoms with Crippen molar-refractivity contribution in [3.05, 3.63) is 11.8 Å². The van der Waals surface area contributed by atoms with Gasteiger partial charge in [0.25, 0.3) is 0 Å². The summed E-state index contributed by atoms with van der Waals surface area (Å²) in [5.41, 5.74) is 0.953. The summed E-state index contributed by atoms with van der Waals surface area (Å²) in [4.78, 5) is 8.86. The number of nitrogens with two attached hydrogens (primary N) is 1. The quantitative estimate of drug-likeness (QED) is 0.618. The molecule has 0 aliphatic heterocycles. The Morgan fingerprint density at radius 3 is 2.57 bits per heavy atom. The predicted molar refractivity (Wildman–Crippen MR) is 72.1 cm³/mol. The second-order valence-corrected chi connectivity index (χ2v) is 4.83. The van der Waals surface area contributed by atoms with E-state index >= 15 is 0 Å². The molecule has 0 saturated heterocycles. The second kappa shape index (κ2) is 7.08. The fourth-order valence-corrected chi connectivity index (χ4v) is 1.73. The van der Waals surface area contributed by atoms with Crippen LogP contribution in [0.5, 0.6) is 0 Å². The number of halogens is 3. The molecular weight excluding hydrogens is 285 g/mol. The maximum Gasteiger partial charge on any atom is 0.433 e. The van der Waals surface area contributed by atoms with Gasteiger partial charge in [0, 0.05) is 19.2 Å². The van der Waals surface area contributed by atoms with Gasteiger partial charge in [-0.25, -0.2) is 10.8 Å². The summed E-state index contributed by atoms with van der Waals surface area (Å²) in [6.45, 7) is 4.60. The van der Waals surface area contributed by atoms with Crippen LogP contribution in [-0.2, 0) is 6.18 Å². The highest BCUT2D eigenvalue weighted by atomic mass is 19.4. The van der Waals surface area contributed by atoms with E-state index in [0.717, 1.165) is 6.07 Å². The van der Waals surface area contributed by atoms with E-state index < -0.39 is 11.9 Å². The zero-order valence-electron chi connectivity index (χ0n) is 11.8. The van der Waals surface area contributed by atoms with Gasteiger partial charge in [0.15, 0.2) is 5.69 Å². The number of anilines is 2. The molecule has 0 bridgehead atoms. The van der Waals surface area contributed by atoms with E-state index in [9.17, 15) is 13.2 Å². The van der Waals surface area contributed by atoms with E-state index in [1.165, 1.54) is 0 Å². The van der Waals surface area contributed by atoms with Gasteiger partial charge in [0.2, 0.25) is 5.95 Å². The SMILES string of the molecule is CC(C)CN(CCC#N)c1cc(C(F)(F)F)nc(NN)n1. The van der Waals surface area contributed by atoms with Crippen molar-refractivity contribution in [2.45, 2.75) is 26.4 Å². The summed E-state index contributed by atoms with van der Waals surface area (Å²) < 4.78 is 38.5. The van der Waals surface area contributed by atoms with Crippen LogP contribution in [0.3, 0.4) is 0 Å². The molecule has 0 aromatic carbocycles. The third-order valence-electron chi connectivity index (χ3n) is 2.54. The molecule has 0 aliphatic rings. The van der Waals surface area contributed by atoms with Gasteiger partial charge in [-0.3, -0.25) is 5.43 Å². The van der Waals surface area contributed by atoms with Gasteiger partial charge < -0.3 is 4.90 Å². The lowest BCUT2D eigenvalue weighted by Gasteiger charge is -2.25. The third-order valence-corrected chi connectivity index (χ3v) is 2.54. The van der Waals surface area contributed by atoms with E-state index in [-0.39, 0.29) is 30.6 Å². The largest absolute Gasteiger partial charge is 0.433 e. The smallest absolute Gasteiger partial charge is 0.355 e. The fourth-order valence-electron chi connectivity index (χ4n) is 1.73. The molecule has 0 unspecified atom stereocenters. The average molecular weight is 302 g/mol. The van der Waals surface area contributed by atoms with Crippen LogP contribution in [0, 0.1) is 17.2 Å². The third kappa shape index (κ3) is 5.07. The number of alkyl halides is 3. The molecule has 1 aromatic heterocycles. The molecule has 0 saturated carbocycles. The van der Waals surface area contributed by atoms with Crippen molar-refractivity contribution in [3.8, 4) is 6.07 Å². The molecule has 0 amide bonds. The maximum atomic E-state index is 12.8. The fraction of sp³-hybridized carbons (Fsp3) is 0.583. The molecule has 3 N–H and O–H groups in total. The first kappa shape index (κ1) is 17.0. The summed E-state index contributed by atoms with van der Waals surface area (Å²) >= 11 is 0. The summed E-state index contributed by atoms with van der Waals surface area (Å²) in [5, 5.41) is 8.66. The van der Waals surface area contributed by atoms with Gasteiger partial charge in [0.05, 0.1) is 12.5 Å². The molecule has 0 spiro atoms. The first-order valence-electron chi connectivity index (χ1n) is 6.32. The Balaban J connectivity index is 3.19. The summed E-state index contributed by atoms with van der Waals surface area (Å²) in [6.07, 6.45) is -4.41. The van der Waals surface area contributed by atoms with E-state index in [1.807, 2.05) is 25.3 Å². The lowest BCUT2D eigenvalue weighted by Crippen LogP contribution is -2.30. The number of hydrogen-bond donors (Lipinski definition) is 2. The number of nitrogens with zero attached hydrogens (tertiary/aromatic N) is 4. The summed E-state index contributed by atoms with van der Waals surface area (Å²) in [5.74, 6) is 5.09. The van der Waals surface area contributed by atoms with Crippen LogP contribution in [0.15, 0.2) is 6.07 Å². The van der Waals surface area contributed by atoms with Crippen LogP contribution in [0.4, 0.5) is 24.9 Å². The van der Waals surface area contributed by atoms with Gasteiger partial charge in [-0.05, 0) is 5.92 Å². The molecule has 1 rings (SSSR count). The van der Waals surface area contributed by atoms with Gasteiger partial charge in [-0.1, -0.05) is 13.8 Å². The Labute approximate surface area is 120 Å². The minimum atomic E-state index is -4.60. The number of hydrazine groups is 1. The highest BCUT2D eigenvalue weighted by Gasteiger charge is 2.34.